The molecule has 2 fully saturated rings. The van der Waals surface area contributed by atoms with E-state index in [1.165, 1.54) is 36.7 Å². The van der Waals surface area contributed by atoms with Crippen molar-refractivity contribution in [3.63, 3.8) is 0 Å². The van der Waals surface area contributed by atoms with Crippen LogP contribution in [0, 0.1) is 6.92 Å². The molecule has 0 unspecified atom stereocenters. The highest BCUT2D eigenvalue weighted by molar-refractivity contribution is 6.43. The normalized spacial score (nSPS) is 19.0. The summed E-state index contributed by atoms with van der Waals surface area (Å²) in [6.07, 6.45) is 7.57. The third-order valence-electron chi connectivity index (χ3n) is 6.97. The lowest BCUT2D eigenvalue weighted by Gasteiger charge is -2.43. The summed E-state index contributed by atoms with van der Waals surface area (Å²) >= 11 is 6.45. The Morgan fingerprint density at radius 2 is 1.86 bits per heavy atom. The van der Waals surface area contributed by atoms with Crippen LogP contribution < -0.4 is 20.3 Å². The Labute approximate surface area is 216 Å². The van der Waals surface area contributed by atoms with Crippen LogP contribution in [0.25, 0.3) is 0 Å². The van der Waals surface area contributed by atoms with Gasteiger partial charge < -0.3 is 20.3 Å². The average Bonchev–Trinajstić information content (AvgIpc) is 2.84. The lowest BCUT2D eigenvalue weighted by molar-refractivity contribution is 0.128. The summed E-state index contributed by atoms with van der Waals surface area (Å²) in [4.78, 5) is 13.5. The predicted octanol–water partition coefficient (Wildman–Crippen LogP) is 5.40. The smallest absolute Gasteiger partial charge is 0.144 e. The maximum atomic E-state index is 6.45. The molecule has 8 heteroatoms. The molecule has 1 saturated carbocycles. The van der Waals surface area contributed by atoms with Gasteiger partial charge in [-0.3, -0.25) is 9.89 Å². The quantitative estimate of drug-likeness (QED) is 0.368. The van der Waals surface area contributed by atoms with Gasteiger partial charge in [0.2, 0.25) is 0 Å². The molecule has 35 heavy (non-hydrogen) atoms. The molecule has 0 aromatic heterocycles. The second-order valence-corrected chi connectivity index (χ2v) is 10.9. The molecule has 0 spiro atoms. The van der Waals surface area contributed by atoms with E-state index in [1.807, 2.05) is 0 Å². The monoisotopic (exact) mass is 502 g/mol. The van der Waals surface area contributed by atoms with E-state index in [4.69, 9.17) is 21.3 Å². The Morgan fingerprint density at radius 1 is 1.17 bits per heavy atom. The maximum Gasteiger partial charge on any atom is 0.144 e. The van der Waals surface area contributed by atoms with Crippen LogP contribution in [-0.2, 0) is 0 Å². The third-order valence-corrected chi connectivity index (χ3v) is 7.25. The van der Waals surface area contributed by atoms with Crippen molar-refractivity contribution in [1.29, 1.82) is 0 Å². The summed E-state index contributed by atoms with van der Waals surface area (Å²) in [6, 6.07) is 4.69. The fraction of sp³-hybridized carbons (Fsp3) is 0.630. The van der Waals surface area contributed by atoms with Crippen LogP contribution in [0.15, 0.2) is 33.3 Å². The number of nitrogens with zero attached hydrogens (tertiary/aromatic N) is 4. The van der Waals surface area contributed by atoms with Crippen LogP contribution in [0.2, 0.25) is 0 Å². The number of aliphatic imine (C=N–C) groups is 2. The van der Waals surface area contributed by atoms with E-state index in [1.54, 1.807) is 7.11 Å². The lowest BCUT2D eigenvalue weighted by Crippen LogP contribution is -2.53. The van der Waals surface area contributed by atoms with E-state index in [0.717, 1.165) is 50.5 Å². The molecule has 1 heterocycles. The Morgan fingerprint density at radius 3 is 2.46 bits per heavy atom. The molecule has 194 valence electrons. The molecule has 1 aromatic rings. The van der Waals surface area contributed by atoms with E-state index in [2.05, 4.69) is 72.0 Å². The van der Waals surface area contributed by atoms with Gasteiger partial charge in [-0.1, -0.05) is 30.9 Å². The molecular formula is C27H43ClN6O. The number of rotatable bonds is 8. The fourth-order valence-electron chi connectivity index (χ4n) is 4.92. The largest absolute Gasteiger partial charge is 0.495 e. The number of nitrogens with one attached hydrogen (secondary N) is 2. The molecule has 0 bridgehead atoms. The first-order chi connectivity index (χ1) is 16.7. The number of methoxy groups -OCH3 is 1. The van der Waals surface area contributed by atoms with Crippen molar-refractivity contribution >= 4 is 35.5 Å². The summed E-state index contributed by atoms with van der Waals surface area (Å²) in [6.45, 7) is 17.0. The number of hydrogen-bond acceptors (Lipinski definition) is 6. The summed E-state index contributed by atoms with van der Waals surface area (Å²) in [7, 11) is 1.71. The van der Waals surface area contributed by atoms with Gasteiger partial charge in [0.25, 0.3) is 0 Å². The second-order valence-electron chi connectivity index (χ2n) is 10.5. The molecule has 2 N–H and O–H groups in total. The Balaban J connectivity index is 1.70. The van der Waals surface area contributed by atoms with Crippen molar-refractivity contribution in [2.45, 2.75) is 71.4 Å². The molecule has 1 saturated heterocycles. The second kappa shape index (κ2) is 12.6. The number of ether oxygens (including phenoxy) is 1. The van der Waals surface area contributed by atoms with Gasteiger partial charge in [0, 0.05) is 55.7 Å². The number of hydrogen-bond donors (Lipinski definition) is 2. The Bertz CT molecular complexity index is 909. The predicted molar refractivity (Wildman–Crippen MR) is 151 cm³/mol. The van der Waals surface area contributed by atoms with Gasteiger partial charge >= 0.3 is 0 Å². The van der Waals surface area contributed by atoms with E-state index in [9.17, 15) is 0 Å². The molecule has 1 aromatic carbocycles. The van der Waals surface area contributed by atoms with Crippen molar-refractivity contribution in [2.75, 3.05) is 50.2 Å². The van der Waals surface area contributed by atoms with Gasteiger partial charge in [-0.2, -0.15) is 0 Å². The van der Waals surface area contributed by atoms with E-state index in [0.29, 0.717) is 23.6 Å². The topological polar surface area (TPSA) is 64.5 Å². The standard InChI is InChI=1S/C27H43ClN6O/c1-20-16-23(25(35-6)17-24(20)33-12-14-34(15-13-33)27(2,3)4)30-19-31-26(22(28)18-29-5)32-21-10-8-7-9-11-21/h16-18,21,30H,5,7-15,19H2,1-4,6H3,(H,31,32)/b22-18+. The van der Waals surface area contributed by atoms with E-state index >= 15 is 0 Å². The van der Waals surface area contributed by atoms with Gasteiger partial charge in [0.15, 0.2) is 0 Å². The van der Waals surface area contributed by atoms with Gasteiger partial charge in [-0.05, 0) is 58.9 Å². The summed E-state index contributed by atoms with van der Waals surface area (Å²) < 4.78 is 5.75. The molecule has 0 atom stereocenters. The van der Waals surface area contributed by atoms with Gasteiger partial charge in [-0.25, -0.2) is 4.99 Å². The number of piperazine rings is 1. The number of anilines is 2. The van der Waals surface area contributed by atoms with Crippen LogP contribution in [0.3, 0.4) is 0 Å². The lowest BCUT2D eigenvalue weighted by atomic mass is 9.95. The number of aryl methyl sites for hydroxylation is 1. The van der Waals surface area contributed by atoms with Crippen molar-refractivity contribution < 1.29 is 4.74 Å². The molecule has 3 rings (SSSR count). The van der Waals surface area contributed by atoms with Crippen LogP contribution in [0.1, 0.15) is 58.4 Å². The van der Waals surface area contributed by atoms with Crippen LogP contribution in [-0.4, -0.2) is 69.0 Å². The minimum Gasteiger partial charge on any atom is -0.495 e. The maximum absolute atomic E-state index is 6.45. The zero-order valence-electron chi connectivity index (χ0n) is 22.2. The van der Waals surface area contributed by atoms with Crippen LogP contribution >= 0.6 is 11.6 Å². The van der Waals surface area contributed by atoms with E-state index in [-0.39, 0.29) is 5.54 Å². The first kappa shape index (κ1) is 27.3. The van der Waals surface area contributed by atoms with Gasteiger partial charge in [0.05, 0.1) is 12.8 Å². The SMILES string of the molecule is C=N/C=C(Cl)\C(=N/CNc1cc(C)c(N2CCN(C(C)(C)C)CC2)cc1OC)NC1CCCCC1. The van der Waals surface area contributed by atoms with E-state index < -0.39 is 0 Å². The Kier molecular flexibility index (Phi) is 9.87. The molecule has 1 aliphatic heterocycles. The average molecular weight is 503 g/mol. The zero-order valence-corrected chi connectivity index (χ0v) is 22.9. The van der Waals surface area contributed by atoms with Gasteiger partial charge in [-0.15, -0.1) is 0 Å². The molecule has 7 nitrogen and oxygen atoms in total. The summed E-state index contributed by atoms with van der Waals surface area (Å²) in [5.74, 6) is 1.47. The van der Waals surface area contributed by atoms with Crippen LogP contribution in [0.4, 0.5) is 11.4 Å². The highest BCUT2D eigenvalue weighted by Gasteiger charge is 2.27. The third kappa shape index (κ3) is 7.61. The first-order valence-electron chi connectivity index (χ1n) is 12.8. The minimum absolute atomic E-state index is 0.206. The minimum atomic E-state index is 0.206. The first-order valence-corrected chi connectivity index (χ1v) is 13.2. The van der Waals surface area contributed by atoms with Crippen molar-refractivity contribution in [3.05, 3.63) is 28.9 Å². The van der Waals surface area contributed by atoms with Crippen molar-refractivity contribution in [2.24, 2.45) is 9.98 Å². The number of amidine groups is 1. The number of halogens is 1. The molecule has 2 aliphatic rings. The molecule has 1 aliphatic carbocycles. The fourth-order valence-corrected chi connectivity index (χ4v) is 5.10. The summed E-state index contributed by atoms with van der Waals surface area (Å²) in [5.41, 5.74) is 3.57. The number of benzene rings is 1. The van der Waals surface area contributed by atoms with Crippen LogP contribution in [0.5, 0.6) is 5.75 Å². The highest BCUT2D eigenvalue weighted by Crippen LogP contribution is 2.34. The molecule has 0 radical (unpaired) electrons. The van der Waals surface area contributed by atoms with Gasteiger partial charge in [0.1, 0.15) is 23.3 Å². The summed E-state index contributed by atoms with van der Waals surface area (Å²) in [5, 5.41) is 7.40. The van der Waals surface area contributed by atoms with Crippen molar-refractivity contribution in [1.82, 2.24) is 10.2 Å². The van der Waals surface area contributed by atoms with Crippen molar-refractivity contribution in [3.8, 4) is 5.75 Å². The molecular weight excluding hydrogens is 460 g/mol. The zero-order chi connectivity index (χ0) is 25.4. The molecule has 0 amide bonds. The highest BCUT2D eigenvalue weighted by atomic mass is 35.5. The Hall–Kier alpha value is -2.25.